The minimum Gasteiger partial charge on any atom is -0.487 e. The molecule has 0 spiro atoms. The summed E-state index contributed by atoms with van der Waals surface area (Å²) in [5.74, 6) is 1.02. The second-order valence-electron chi connectivity index (χ2n) is 6.77. The standard InChI is InChI=1S/C17H27NO/c1-16(2,3)14-6-8-15(9-7-14)19-17(10-5-11-17)12-13-18-4/h6-9,18H,5,10-13H2,1-4H3. The first-order chi connectivity index (χ1) is 8.95. The van der Waals surface area contributed by atoms with E-state index in [9.17, 15) is 0 Å². The highest BCUT2D eigenvalue weighted by Gasteiger charge is 2.38. The molecule has 0 heterocycles. The fraction of sp³-hybridized carbons (Fsp3) is 0.647. The molecule has 0 unspecified atom stereocenters. The molecule has 106 valence electrons. The summed E-state index contributed by atoms with van der Waals surface area (Å²) >= 11 is 0. The minimum absolute atomic E-state index is 0.0895. The van der Waals surface area contributed by atoms with Crippen molar-refractivity contribution >= 4 is 0 Å². The second kappa shape index (κ2) is 5.54. The van der Waals surface area contributed by atoms with Crippen molar-refractivity contribution < 1.29 is 4.74 Å². The quantitative estimate of drug-likeness (QED) is 0.868. The van der Waals surface area contributed by atoms with E-state index in [1.165, 1.54) is 24.8 Å². The molecule has 19 heavy (non-hydrogen) atoms. The summed E-state index contributed by atoms with van der Waals surface area (Å²) in [6.45, 7) is 7.75. The van der Waals surface area contributed by atoms with Crippen LogP contribution in [0, 0.1) is 0 Å². The van der Waals surface area contributed by atoms with E-state index in [0.717, 1.165) is 18.7 Å². The first-order valence-electron chi connectivity index (χ1n) is 7.39. The fourth-order valence-corrected chi connectivity index (χ4v) is 2.60. The molecule has 2 heteroatoms. The van der Waals surface area contributed by atoms with Gasteiger partial charge in [0.05, 0.1) is 0 Å². The van der Waals surface area contributed by atoms with Crippen molar-refractivity contribution in [3.05, 3.63) is 29.8 Å². The van der Waals surface area contributed by atoms with Crippen molar-refractivity contribution in [1.82, 2.24) is 5.32 Å². The zero-order valence-electron chi connectivity index (χ0n) is 12.8. The Morgan fingerprint density at radius 3 is 2.21 bits per heavy atom. The van der Waals surface area contributed by atoms with Gasteiger partial charge < -0.3 is 10.1 Å². The maximum absolute atomic E-state index is 6.27. The van der Waals surface area contributed by atoms with Crippen LogP contribution in [0.5, 0.6) is 5.75 Å². The van der Waals surface area contributed by atoms with Crippen molar-refractivity contribution in [2.24, 2.45) is 0 Å². The number of benzene rings is 1. The summed E-state index contributed by atoms with van der Waals surface area (Å²) in [6, 6.07) is 8.64. The molecule has 0 amide bonds. The lowest BCUT2D eigenvalue weighted by atomic mass is 9.77. The van der Waals surface area contributed by atoms with Crippen LogP contribution >= 0.6 is 0 Å². The Labute approximate surface area is 117 Å². The Kier molecular flexibility index (Phi) is 4.19. The highest BCUT2D eigenvalue weighted by Crippen LogP contribution is 2.39. The van der Waals surface area contributed by atoms with Crippen LogP contribution in [0.25, 0.3) is 0 Å². The SMILES string of the molecule is CNCCC1(Oc2ccc(C(C)(C)C)cc2)CCC1. The van der Waals surface area contributed by atoms with Gasteiger partial charge in [-0.1, -0.05) is 32.9 Å². The summed E-state index contributed by atoms with van der Waals surface area (Å²) < 4.78 is 6.27. The van der Waals surface area contributed by atoms with Crippen molar-refractivity contribution in [1.29, 1.82) is 0 Å². The summed E-state index contributed by atoms with van der Waals surface area (Å²) in [5, 5.41) is 3.23. The molecule has 2 nitrogen and oxygen atoms in total. The molecular weight excluding hydrogens is 234 g/mol. The Bertz CT molecular complexity index is 398. The lowest BCUT2D eigenvalue weighted by Crippen LogP contribution is -2.45. The number of ether oxygens (including phenoxy) is 1. The number of rotatable bonds is 5. The number of hydrogen-bond donors (Lipinski definition) is 1. The molecule has 1 aliphatic carbocycles. The number of hydrogen-bond acceptors (Lipinski definition) is 2. The average molecular weight is 261 g/mol. The molecule has 1 aromatic carbocycles. The molecule has 0 bridgehead atoms. The van der Waals surface area contributed by atoms with Gasteiger partial charge in [-0.05, 0) is 62.4 Å². The lowest BCUT2D eigenvalue weighted by Gasteiger charge is -2.42. The summed E-state index contributed by atoms with van der Waals surface area (Å²) in [5.41, 5.74) is 1.66. The van der Waals surface area contributed by atoms with Gasteiger partial charge in [0.25, 0.3) is 0 Å². The maximum Gasteiger partial charge on any atom is 0.120 e. The topological polar surface area (TPSA) is 21.3 Å². The Balaban J connectivity index is 2.02. The van der Waals surface area contributed by atoms with Crippen LogP contribution in [0.15, 0.2) is 24.3 Å². The van der Waals surface area contributed by atoms with Gasteiger partial charge in [-0.2, -0.15) is 0 Å². The summed E-state index contributed by atoms with van der Waals surface area (Å²) in [7, 11) is 2.00. The molecular formula is C17H27NO. The van der Waals surface area contributed by atoms with Gasteiger partial charge in [0, 0.05) is 0 Å². The molecule has 0 radical (unpaired) electrons. The smallest absolute Gasteiger partial charge is 0.120 e. The predicted molar refractivity (Wildman–Crippen MR) is 80.9 cm³/mol. The zero-order valence-corrected chi connectivity index (χ0v) is 12.8. The van der Waals surface area contributed by atoms with Gasteiger partial charge in [0.15, 0.2) is 0 Å². The molecule has 1 saturated carbocycles. The zero-order chi connectivity index (χ0) is 13.9. The molecule has 0 aromatic heterocycles. The van der Waals surface area contributed by atoms with Gasteiger partial charge in [0.2, 0.25) is 0 Å². The minimum atomic E-state index is 0.0895. The van der Waals surface area contributed by atoms with Crippen LogP contribution in [0.1, 0.15) is 52.0 Å². The van der Waals surface area contributed by atoms with Crippen LogP contribution in [-0.2, 0) is 5.41 Å². The molecule has 1 aromatic rings. The van der Waals surface area contributed by atoms with Gasteiger partial charge in [-0.3, -0.25) is 0 Å². The molecule has 1 N–H and O–H groups in total. The monoisotopic (exact) mass is 261 g/mol. The van der Waals surface area contributed by atoms with Crippen LogP contribution in [0.3, 0.4) is 0 Å². The molecule has 2 rings (SSSR count). The summed E-state index contributed by atoms with van der Waals surface area (Å²) in [4.78, 5) is 0. The lowest BCUT2D eigenvalue weighted by molar-refractivity contribution is -0.0139. The molecule has 0 atom stereocenters. The molecule has 0 aliphatic heterocycles. The van der Waals surface area contributed by atoms with Crippen molar-refractivity contribution in [3.8, 4) is 5.75 Å². The third-order valence-corrected chi connectivity index (χ3v) is 4.15. The third kappa shape index (κ3) is 3.50. The number of nitrogens with one attached hydrogen (secondary N) is 1. The fourth-order valence-electron chi connectivity index (χ4n) is 2.60. The van der Waals surface area contributed by atoms with Crippen molar-refractivity contribution in [2.75, 3.05) is 13.6 Å². The van der Waals surface area contributed by atoms with E-state index >= 15 is 0 Å². The van der Waals surface area contributed by atoms with E-state index in [4.69, 9.17) is 4.74 Å². The first kappa shape index (κ1) is 14.4. The van der Waals surface area contributed by atoms with Gasteiger partial charge in [-0.25, -0.2) is 0 Å². The van der Waals surface area contributed by atoms with Crippen molar-refractivity contribution in [3.63, 3.8) is 0 Å². The second-order valence-corrected chi connectivity index (χ2v) is 6.77. The Hall–Kier alpha value is -1.02. The largest absolute Gasteiger partial charge is 0.487 e. The molecule has 1 fully saturated rings. The van der Waals surface area contributed by atoms with Crippen LogP contribution in [0.2, 0.25) is 0 Å². The van der Waals surface area contributed by atoms with E-state index < -0.39 is 0 Å². The third-order valence-electron chi connectivity index (χ3n) is 4.15. The first-order valence-corrected chi connectivity index (χ1v) is 7.39. The van der Waals surface area contributed by atoms with Crippen LogP contribution < -0.4 is 10.1 Å². The van der Waals surface area contributed by atoms with Crippen LogP contribution in [-0.4, -0.2) is 19.2 Å². The average Bonchev–Trinajstić information content (AvgIpc) is 2.32. The highest BCUT2D eigenvalue weighted by molar-refractivity contribution is 5.31. The van der Waals surface area contributed by atoms with Gasteiger partial charge >= 0.3 is 0 Å². The van der Waals surface area contributed by atoms with E-state index in [1.807, 2.05) is 7.05 Å². The summed E-state index contributed by atoms with van der Waals surface area (Å²) in [6.07, 6.45) is 4.78. The maximum atomic E-state index is 6.27. The Morgan fingerprint density at radius 1 is 1.16 bits per heavy atom. The molecule has 1 aliphatic rings. The van der Waals surface area contributed by atoms with E-state index in [1.54, 1.807) is 0 Å². The normalized spacial score (nSPS) is 17.9. The highest BCUT2D eigenvalue weighted by atomic mass is 16.5. The molecule has 0 saturated heterocycles. The Morgan fingerprint density at radius 2 is 1.79 bits per heavy atom. The van der Waals surface area contributed by atoms with Gasteiger partial charge in [-0.15, -0.1) is 0 Å². The van der Waals surface area contributed by atoms with E-state index in [2.05, 4.69) is 50.4 Å². The van der Waals surface area contributed by atoms with E-state index in [-0.39, 0.29) is 11.0 Å². The van der Waals surface area contributed by atoms with Crippen molar-refractivity contribution in [2.45, 2.75) is 57.5 Å². The van der Waals surface area contributed by atoms with Crippen LogP contribution in [0.4, 0.5) is 0 Å². The predicted octanol–water partition coefficient (Wildman–Crippen LogP) is 3.90. The van der Waals surface area contributed by atoms with Gasteiger partial charge in [0.1, 0.15) is 11.4 Å². The van der Waals surface area contributed by atoms with E-state index in [0.29, 0.717) is 0 Å².